The molecule has 0 saturated heterocycles. The van der Waals surface area contributed by atoms with Crippen LogP contribution in [0.25, 0.3) is 0 Å². The molecular formula is C10H14O2. The predicted octanol–water partition coefficient (Wildman–Crippen LogP) is 1.75. The molecule has 0 aliphatic heterocycles. The van der Waals surface area contributed by atoms with Crippen LogP contribution in [0.15, 0.2) is 30.3 Å². The van der Waals surface area contributed by atoms with Gasteiger partial charge in [-0.05, 0) is 5.56 Å². The highest BCUT2D eigenvalue weighted by Crippen LogP contribution is 2.18. The van der Waals surface area contributed by atoms with Crippen LogP contribution in [0, 0.1) is 0 Å². The lowest BCUT2D eigenvalue weighted by Crippen LogP contribution is -2.17. The molecule has 12 heavy (non-hydrogen) atoms. The summed E-state index contributed by atoms with van der Waals surface area (Å²) in [6.45, 7) is 1.93. The molecule has 2 atom stereocenters. The summed E-state index contributed by atoms with van der Waals surface area (Å²) in [6, 6.07) is 9.82. The van der Waals surface area contributed by atoms with Gasteiger partial charge in [0.1, 0.15) is 0 Å². The number of hydrogen-bond donors (Lipinski definition) is 1. The zero-order chi connectivity index (χ0) is 8.97. The summed E-state index contributed by atoms with van der Waals surface area (Å²) < 4.78 is 4.82. The van der Waals surface area contributed by atoms with E-state index in [1.165, 1.54) is 7.11 Å². The molecule has 1 N–H and O–H groups in total. The van der Waals surface area contributed by atoms with Gasteiger partial charge in [0.05, 0.1) is 0 Å². The van der Waals surface area contributed by atoms with Crippen molar-refractivity contribution in [3.8, 4) is 0 Å². The minimum absolute atomic E-state index is 0.0243. The van der Waals surface area contributed by atoms with Crippen molar-refractivity contribution < 1.29 is 9.84 Å². The minimum Gasteiger partial charge on any atom is -0.367 e. The second-order valence-electron chi connectivity index (χ2n) is 2.83. The molecule has 2 nitrogen and oxygen atoms in total. The quantitative estimate of drug-likeness (QED) is 0.693. The van der Waals surface area contributed by atoms with Gasteiger partial charge in [0.2, 0.25) is 0 Å². The van der Waals surface area contributed by atoms with Gasteiger partial charge in [-0.2, -0.15) is 0 Å². The molecule has 0 aromatic heterocycles. The molecule has 0 saturated carbocycles. The molecule has 2 unspecified atom stereocenters. The number of rotatable bonds is 3. The van der Waals surface area contributed by atoms with Crippen molar-refractivity contribution in [2.45, 2.75) is 19.1 Å². The average Bonchev–Trinajstić information content (AvgIpc) is 2.17. The van der Waals surface area contributed by atoms with Gasteiger partial charge in [-0.1, -0.05) is 37.3 Å². The number of hydrogen-bond acceptors (Lipinski definition) is 2. The summed E-state index contributed by atoms with van der Waals surface area (Å²) in [6.07, 6.45) is -0.715. The third-order valence-electron chi connectivity index (χ3n) is 1.99. The molecule has 0 bridgehead atoms. The van der Waals surface area contributed by atoms with Crippen molar-refractivity contribution in [3.63, 3.8) is 0 Å². The largest absolute Gasteiger partial charge is 0.367 e. The second kappa shape index (κ2) is 4.24. The Morgan fingerprint density at radius 3 is 2.33 bits per heavy atom. The number of benzene rings is 1. The van der Waals surface area contributed by atoms with E-state index in [9.17, 15) is 5.11 Å². The highest BCUT2D eigenvalue weighted by atomic mass is 16.6. The van der Waals surface area contributed by atoms with Gasteiger partial charge < -0.3 is 9.84 Å². The van der Waals surface area contributed by atoms with Crippen molar-refractivity contribution in [2.75, 3.05) is 7.11 Å². The zero-order valence-corrected chi connectivity index (χ0v) is 7.40. The lowest BCUT2D eigenvalue weighted by atomic mass is 10.0. The van der Waals surface area contributed by atoms with Crippen molar-refractivity contribution in [3.05, 3.63) is 35.9 Å². The molecule has 0 aliphatic rings. The van der Waals surface area contributed by atoms with Gasteiger partial charge in [0.15, 0.2) is 6.29 Å². The van der Waals surface area contributed by atoms with Crippen LogP contribution in [0.4, 0.5) is 0 Å². The zero-order valence-electron chi connectivity index (χ0n) is 7.40. The normalized spacial score (nSPS) is 15.6. The Bertz CT molecular complexity index is 221. The highest BCUT2D eigenvalue weighted by molar-refractivity contribution is 5.19. The van der Waals surface area contributed by atoms with Crippen LogP contribution in [0.1, 0.15) is 18.4 Å². The Hall–Kier alpha value is -0.860. The monoisotopic (exact) mass is 166 g/mol. The molecule has 0 heterocycles. The first-order valence-electron chi connectivity index (χ1n) is 4.01. The van der Waals surface area contributed by atoms with E-state index in [4.69, 9.17) is 4.74 Å². The molecule has 1 aromatic carbocycles. The Morgan fingerprint density at radius 2 is 1.83 bits per heavy atom. The fourth-order valence-corrected chi connectivity index (χ4v) is 1.13. The summed E-state index contributed by atoms with van der Waals surface area (Å²) in [4.78, 5) is 0. The van der Waals surface area contributed by atoms with Crippen LogP contribution in [0.3, 0.4) is 0 Å². The summed E-state index contributed by atoms with van der Waals surface area (Å²) in [5, 5.41) is 9.36. The van der Waals surface area contributed by atoms with Gasteiger partial charge in [-0.3, -0.25) is 0 Å². The molecular weight excluding hydrogens is 152 g/mol. The maximum Gasteiger partial charge on any atom is 0.160 e. The first kappa shape index (κ1) is 9.23. The van der Waals surface area contributed by atoms with Gasteiger partial charge in [-0.25, -0.2) is 0 Å². The van der Waals surface area contributed by atoms with Crippen LogP contribution < -0.4 is 0 Å². The van der Waals surface area contributed by atoms with Gasteiger partial charge >= 0.3 is 0 Å². The highest BCUT2D eigenvalue weighted by Gasteiger charge is 2.14. The van der Waals surface area contributed by atoms with E-state index in [-0.39, 0.29) is 5.92 Å². The van der Waals surface area contributed by atoms with Gasteiger partial charge in [0, 0.05) is 13.0 Å². The lowest BCUT2D eigenvalue weighted by Gasteiger charge is -2.17. The van der Waals surface area contributed by atoms with Crippen molar-refractivity contribution in [1.82, 2.24) is 0 Å². The van der Waals surface area contributed by atoms with Crippen molar-refractivity contribution >= 4 is 0 Å². The SMILES string of the molecule is COC(O)C(C)c1ccccc1. The topological polar surface area (TPSA) is 29.5 Å². The third kappa shape index (κ3) is 2.06. The van der Waals surface area contributed by atoms with E-state index in [0.717, 1.165) is 5.56 Å². The Labute approximate surface area is 72.8 Å². The number of aliphatic hydroxyl groups is 1. The molecule has 0 radical (unpaired) electrons. The van der Waals surface area contributed by atoms with Crippen molar-refractivity contribution in [2.24, 2.45) is 0 Å². The Morgan fingerprint density at radius 1 is 1.25 bits per heavy atom. The van der Waals surface area contributed by atoms with E-state index in [1.54, 1.807) is 0 Å². The van der Waals surface area contributed by atoms with E-state index in [0.29, 0.717) is 0 Å². The van der Waals surface area contributed by atoms with Gasteiger partial charge in [0.25, 0.3) is 0 Å². The van der Waals surface area contributed by atoms with E-state index in [2.05, 4.69) is 0 Å². The predicted molar refractivity (Wildman–Crippen MR) is 47.9 cm³/mol. The first-order valence-corrected chi connectivity index (χ1v) is 4.01. The number of aliphatic hydroxyl groups excluding tert-OH is 1. The third-order valence-corrected chi connectivity index (χ3v) is 1.99. The standard InChI is InChI=1S/C10H14O2/c1-8(10(11)12-2)9-6-4-3-5-7-9/h3-8,10-11H,1-2H3. The maximum atomic E-state index is 9.36. The molecule has 0 aliphatic carbocycles. The average molecular weight is 166 g/mol. The Balaban J connectivity index is 2.71. The molecule has 66 valence electrons. The number of methoxy groups -OCH3 is 1. The van der Waals surface area contributed by atoms with E-state index >= 15 is 0 Å². The van der Waals surface area contributed by atoms with E-state index in [1.807, 2.05) is 37.3 Å². The van der Waals surface area contributed by atoms with Gasteiger partial charge in [-0.15, -0.1) is 0 Å². The maximum absolute atomic E-state index is 9.36. The fourth-order valence-electron chi connectivity index (χ4n) is 1.13. The van der Waals surface area contributed by atoms with E-state index < -0.39 is 6.29 Å². The van der Waals surface area contributed by atoms with Crippen molar-refractivity contribution in [1.29, 1.82) is 0 Å². The van der Waals surface area contributed by atoms with Crippen LogP contribution in [0.2, 0.25) is 0 Å². The molecule has 0 spiro atoms. The summed E-state index contributed by atoms with van der Waals surface area (Å²) >= 11 is 0. The molecule has 2 heteroatoms. The minimum atomic E-state index is -0.715. The van der Waals surface area contributed by atoms with Crippen LogP contribution in [0.5, 0.6) is 0 Å². The molecule has 0 amide bonds. The second-order valence-corrected chi connectivity index (χ2v) is 2.83. The molecule has 0 fully saturated rings. The summed E-state index contributed by atoms with van der Waals surface area (Å²) in [5.74, 6) is 0.0243. The van der Waals surface area contributed by atoms with Crippen LogP contribution in [-0.2, 0) is 4.74 Å². The first-order chi connectivity index (χ1) is 5.75. The molecule has 1 aromatic rings. The molecule has 1 rings (SSSR count). The summed E-state index contributed by atoms with van der Waals surface area (Å²) in [5.41, 5.74) is 1.09. The Kier molecular flexibility index (Phi) is 3.26. The fraction of sp³-hybridized carbons (Fsp3) is 0.400. The van der Waals surface area contributed by atoms with Crippen LogP contribution in [-0.4, -0.2) is 18.5 Å². The lowest BCUT2D eigenvalue weighted by molar-refractivity contribution is -0.0878. The smallest absolute Gasteiger partial charge is 0.160 e. The van der Waals surface area contributed by atoms with Crippen LogP contribution >= 0.6 is 0 Å². The number of ether oxygens (including phenoxy) is 1. The summed E-state index contributed by atoms with van der Waals surface area (Å²) in [7, 11) is 1.50.